The molecule has 2 aromatic heterocycles. The van der Waals surface area contributed by atoms with Gasteiger partial charge in [-0.3, -0.25) is 4.79 Å². The summed E-state index contributed by atoms with van der Waals surface area (Å²) in [4.78, 5) is 36.1. The van der Waals surface area contributed by atoms with Crippen molar-refractivity contribution in [2.45, 2.75) is 6.92 Å². The Hall–Kier alpha value is -4.00. The van der Waals surface area contributed by atoms with Gasteiger partial charge >= 0.3 is 5.97 Å². The van der Waals surface area contributed by atoms with Crippen LogP contribution in [0.1, 0.15) is 15.9 Å². The monoisotopic (exact) mass is 386 g/mol. The lowest BCUT2D eigenvalue weighted by molar-refractivity contribution is -0.119. The van der Waals surface area contributed by atoms with E-state index in [2.05, 4.69) is 20.3 Å². The van der Waals surface area contributed by atoms with Gasteiger partial charge in [-0.05, 0) is 42.8 Å². The maximum absolute atomic E-state index is 12.3. The van der Waals surface area contributed by atoms with Gasteiger partial charge in [-0.25, -0.2) is 14.8 Å². The first kappa shape index (κ1) is 18.4. The van der Waals surface area contributed by atoms with Crippen LogP contribution in [0.2, 0.25) is 0 Å². The third kappa shape index (κ3) is 4.30. The van der Waals surface area contributed by atoms with Gasteiger partial charge < -0.3 is 15.0 Å². The van der Waals surface area contributed by atoms with Gasteiger partial charge in [0.15, 0.2) is 6.61 Å². The highest BCUT2D eigenvalue weighted by atomic mass is 16.5. The predicted octanol–water partition coefficient (Wildman–Crippen LogP) is 3.73. The molecule has 7 heteroatoms. The summed E-state index contributed by atoms with van der Waals surface area (Å²) < 4.78 is 5.12. The summed E-state index contributed by atoms with van der Waals surface area (Å²) in [5, 5.41) is 2.60. The van der Waals surface area contributed by atoms with Gasteiger partial charge in [0.25, 0.3) is 5.91 Å². The number of ether oxygens (including phenoxy) is 1. The number of anilines is 1. The minimum Gasteiger partial charge on any atom is -0.452 e. The number of fused-ring (bicyclic) bond motifs is 1. The first-order valence-corrected chi connectivity index (χ1v) is 9.03. The number of esters is 1. The zero-order chi connectivity index (χ0) is 20.2. The molecule has 0 atom stereocenters. The maximum Gasteiger partial charge on any atom is 0.338 e. The second kappa shape index (κ2) is 7.93. The van der Waals surface area contributed by atoms with Crippen molar-refractivity contribution in [3.63, 3.8) is 0 Å². The van der Waals surface area contributed by atoms with E-state index < -0.39 is 18.5 Å². The third-order valence-electron chi connectivity index (χ3n) is 4.28. The summed E-state index contributed by atoms with van der Waals surface area (Å²) in [6, 6.07) is 18.3. The highest BCUT2D eigenvalue weighted by Crippen LogP contribution is 2.21. The van der Waals surface area contributed by atoms with E-state index in [9.17, 15) is 9.59 Å². The Morgan fingerprint density at radius 3 is 2.69 bits per heavy atom. The minimum atomic E-state index is -0.588. The zero-order valence-corrected chi connectivity index (χ0v) is 15.7. The topological polar surface area (TPSA) is 97.0 Å². The van der Waals surface area contributed by atoms with E-state index in [1.165, 1.54) is 0 Å². The Kier molecular flexibility index (Phi) is 5.03. The van der Waals surface area contributed by atoms with Crippen molar-refractivity contribution in [2.24, 2.45) is 0 Å². The lowest BCUT2D eigenvalue weighted by atomic mass is 10.2. The van der Waals surface area contributed by atoms with E-state index >= 15 is 0 Å². The van der Waals surface area contributed by atoms with Crippen molar-refractivity contribution >= 4 is 28.7 Å². The number of aromatic amines is 1. The van der Waals surface area contributed by atoms with Crippen molar-refractivity contribution in [3.8, 4) is 11.4 Å². The van der Waals surface area contributed by atoms with Gasteiger partial charge in [0, 0.05) is 11.8 Å². The fourth-order valence-corrected chi connectivity index (χ4v) is 2.87. The van der Waals surface area contributed by atoms with Crippen molar-refractivity contribution in [3.05, 3.63) is 78.0 Å². The number of amides is 1. The van der Waals surface area contributed by atoms with Crippen molar-refractivity contribution in [2.75, 3.05) is 11.9 Å². The molecule has 4 aromatic rings. The van der Waals surface area contributed by atoms with Gasteiger partial charge in [0.1, 0.15) is 11.6 Å². The summed E-state index contributed by atoms with van der Waals surface area (Å²) in [7, 11) is 0. The van der Waals surface area contributed by atoms with E-state index in [4.69, 9.17) is 4.74 Å². The molecule has 0 aliphatic carbocycles. The van der Waals surface area contributed by atoms with Crippen LogP contribution in [0, 0.1) is 6.92 Å². The van der Waals surface area contributed by atoms with Crippen LogP contribution in [-0.4, -0.2) is 33.4 Å². The summed E-state index contributed by atoms with van der Waals surface area (Å²) in [5.41, 5.74) is 3.71. The molecule has 7 nitrogen and oxygen atoms in total. The SMILES string of the molecule is Cc1ccnc(NC(=O)COC(=O)c2ccc3nc(-c4ccccc4)[nH]c3c2)c1. The van der Waals surface area contributed by atoms with Crippen LogP contribution in [0.5, 0.6) is 0 Å². The van der Waals surface area contributed by atoms with Crippen molar-refractivity contribution in [1.29, 1.82) is 0 Å². The van der Waals surface area contributed by atoms with E-state index in [1.807, 2.05) is 43.3 Å². The number of hydrogen-bond donors (Lipinski definition) is 2. The average molecular weight is 386 g/mol. The standard InChI is InChI=1S/C22H18N4O3/c1-14-9-10-23-19(11-14)26-20(27)13-29-22(28)16-7-8-17-18(12-16)25-21(24-17)15-5-3-2-4-6-15/h2-12H,13H2,1H3,(H,24,25)(H,23,26,27). The molecule has 0 bridgehead atoms. The molecule has 4 rings (SSSR count). The van der Waals surface area contributed by atoms with Crippen LogP contribution in [0.3, 0.4) is 0 Å². The number of benzene rings is 2. The highest BCUT2D eigenvalue weighted by molar-refractivity contribution is 5.97. The number of carbonyl (C=O) groups is 2. The Balaban J connectivity index is 1.42. The molecule has 0 radical (unpaired) electrons. The number of hydrogen-bond acceptors (Lipinski definition) is 5. The fourth-order valence-electron chi connectivity index (χ4n) is 2.87. The highest BCUT2D eigenvalue weighted by Gasteiger charge is 2.13. The first-order valence-electron chi connectivity index (χ1n) is 9.03. The van der Waals surface area contributed by atoms with Crippen LogP contribution in [-0.2, 0) is 9.53 Å². The molecular weight excluding hydrogens is 368 g/mol. The van der Waals surface area contributed by atoms with Crippen LogP contribution >= 0.6 is 0 Å². The smallest absolute Gasteiger partial charge is 0.338 e. The number of aryl methyl sites for hydroxylation is 1. The molecule has 0 saturated carbocycles. The van der Waals surface area contributed by atoms with Gasteiger partial charge in [-0.2, -0.15) is 0 Å². The first-order chi connectivity index (χ1) is 14.1. The molecule has 0 aliphatic heterocycles. The molecule has 0 spiro atoms. The van der Waals surface area contributed by atoms with E-state index in [0.717, 1.165) is 22.5 Å². The summed E-state index contributed by atoms with van der Waals surface area (Å²) in [6.45, 7) is 1.50. The molecule has 0 saturated heterocycles. The molecular formula is C22H18N4O3. The number of nitrogens with one attached hydrogen (secondary N) is 2. The number of nitrogens with zero attached hydrogens (tertiary/aromatic N) is 2. The van der Waals surface area contributed by atoms with Crippen LogP contribution in [0.4, 0.5) is 5.82 Å². The molecule has 2 N–H and O–H groups in total. The largest absolute Gasteiger partial charge is 0.452 e. The van der Waals surface area contributed by atoms with E-state index in [1.54, 1.807) is 30.5 Å². The molecule has 2 heterocycles. The molecule has 2 aromatic carbocycles. The number of aromatic nitrogens is 3. The number of pyridine rings is 1. The normalized spacial score (nSPS) is 10.7. The molecule has 0 unspecified atom stereocenters. The minimum absolute atomic E-state index is 0.335. The van der Waals surface area contributed by atoms with Gasteiger partial charge in [-0.15, -0.1) is 0 Å². The Morgan fingerprint density at radius 2 is 1.90 bits per heavy atom. The van der Waals surface area contributed by atoms with Crippen LogP contribution < -0.4 is 5.32 Å². The average Bonchev–Trinajstić information content (AvgIpc) is 3.16. The molecule has 144 valence electrons. The lowest BCUT2D eigenvalue weighted by Gasteiger charge is -2.06. The number of carbonyl (C=O) groups excluding carboxylic acids is 2. The Bertz CT molecular complexity index is 1190. The van der Waals surface area contributed by atoms with Crippen LogP contribution in [0.25, 0.3) is 22.4 Å². The maximum atomic E-state index is 12.3. The zero-order valence-electron chi connectivity index (χ0n) is 15.7. The van der Waals surface area contributed by atoms with E-state index in [0.29, 0.717) is 16.9 Å². The van der Waals surface area contributed by atoms with Crippen molar-refractivity contribution < 1.29 is 14.3 Å². The quantitative estimate of drug-likeness (QED) is 0.510. The fraction of sp³-hybridized carbons (Fsp3) is 0.0909. The van der Waals surface area contributed by atoms with Gasteiger partial charge in [-0.1, -0.05) is 30.3 Å². The molecule has 29 heavy (non-hydrogen) atoms. The number of rotatable bonds is 5. The molecule has 1 amide bonds. The summed E-state index contributed by atoms with van der Waals surface area (Å²) in [5.74, 6) is 0.0927. The number of imidazole rings is 1. The molecule has 0 fully saturated rings. The Morgan fingerprint density at radius 1 is 1.07 bits per heavy atom. The predicted molar refractivity (Wildman–Crippen MR) is 109 cm³/mol. The summed E-state index contributed by atoms with van der Waals surface area (Å²) in [6.07, 6.45) is 1.60. The Labute approximate surface area is 166 Å². The second-order valence-electron chi connectivity index (χ2n) is 6.53. The number of H-pyrrole nitrogens is 1. The third-order valence-corrected chi connectivity index (χ3v) is 4.28. The van der Waals surface area contributed by atoms with Gasteiger partial charge in [0.2, 0.25) is 0 Å². The molecule has 0 aliphatic rings. The second-order valence-corrected chi connectivity index (χ2v) is 6.53. The van der Waals surface area contributed by atoms with Crippen molar-refractivity contribution in [1.82, 2.24) is 15.0 Å². The lowest BCUT2D eigenvalue weighted by Crippen LogP contribution is -2.21. The summed E-state index contributed by atoms with van der Waals surface area (Å²) >= 11 is 0. The van der Waals surface area contributed by atoms with E-state index in [-0.39, 0.29) is 0 Å². The van der Waals surface area contributed by atoms with Gasteiger partial charge in [0.05, 0.1) is 16.6 Å². The van der Waals surface area contributed by atoms with Crippen LogP contribution in [0.15, 0.2) is 66.9 Å².